The zero-order valence-corrected chi connectivity index (χ0v) is 10.1. The summed E-state index contributed by atoms with van der Waals surface area (Å²) in [5, 5.41) is 0. The van der Waals surface area contributed by atoms with Crippen LogP contribution in [0.3, 0.4) is 0 Å². The Bertz CT molecular complexity index is 334. The fourth-order valence-corrected chi connectivity index (χ4v) is 3.29. The Hall–Kier alpha value is -0.270. The van der Waals surface area contributed by atoms with Gasteiger partial charge < -0.3 is 5.73 Å². The minimum atomic E-state index is -4.56. The summed E-state index contributed by atoms with van der Waals surface area (Å²) in [6.07, 6.45) is 2.84. The monoisotopic (exact) mass is 256 g/mol. The molecule has 0 amide bonds. The molecule has 2 unspecified atom stereocenters. The van der Waals surface area contributed by atoms with E-state index in [0.717, 1.165) is 12.8 Å². The Balaban J connectivity index is 2.82. The standard InChI is InChI=1S/C9H18F2N2O2S/c1-7-3-2-4-9(5-7,6-12)13-16(14,15)8(10)11/h7-8,13H,2-6,12H2,1H3. The molecule has 0 aromatic rings. The number of rotatable bonds is 4. The molecule has 0 aromatic heterocycles. The van der Waals surface area contributed by atoms with Crippen molar-refractivity contribution in [1.29, 1.82) is 0 Å². The van der Waals surface area contributed by atoms with Crippen molar-refractivity contribution in [2.75, 3.05) is 6.54 Å². The molecule has 7 heteroatoms. The van der Waals surface area contributed by atoms with Gasteiger partial charge in [0.25, 0.3) is 10.0 Å². The second-order valence-electron chi connectivity index (χ2n) is 4.59. The van der Waals surface area contributed by atoms with E-state index in [-0.39, 0.29) is 6.54 Å². The van der Waals surface area contributed by atoms with E-state index in [2.05, 4.69) is 4.72 Å². The van der Waals surface area contributed by atoms with Crippen LogP contribution in [0.25, 0.3) is 0 Å². The molecule has 1 aliphatic carbocycles. The Morgan fingerprint density at radius 2 is 2.19 bits per heavy atom. The predicted molar refractivity (Wildman–Crippen MR) is 57.5 cm³/mol. The van der Waals surface area contributed by atoms with Crippen LogP contribution in [0.5, 0.6) is 0 Å². The molecule has 0 aromatic carbocycles. The number of halogens is 2. The smallest absolute Gasteiger partial charge is 0.329 e. The lowest BCUT2D eigenvalue weighted by atomic mass is 9.77. The highest BCUT2D eigenvalue weighted by atomic mass is 32.2. The number of hydrogen-bond acceptors (Lipinski definition) is 3. The van der Waals surface area contributed by atoms with E-state index in [9.17, 15) is 17.2 Å². The third kappa shape index (κ3) is 3.11. The first-order valence-electron chi connectivity index (χ1n) is 5.32. The lowest BCUT2D eigenvalue weighted by molar-refractivity contribution is 0.202. The highest BCUT2D eigenvalue weighted by Gasteiger charge is 2.39. The van der Waals surface area contributed by atoms with Crippen LogP contribution in [0, 0.1) is 5.92 Å². The molecule has 1 fully saturated rings. The van der Waals surface area contributed by atoms with Gasteiger partial charge in [-0.1, -0.05) is 19.8 Å². The molecule has 2 atom stereocenters. The summed E-state index contributed by atoms with van der Waals surface area (Å²) in [6, 6.07) is 0. The van der Waals surface area contributed by atoms with Crippen molar-refractivity contribution in [3.8, 4) is 0 Å². The van der Waals surface area contributed by atoms with Crippen molar-refractivity contribution >= 4 is 10.0 Å². The minimum Gasteiger partial charge on any atom is -0.329 e. The molecular weight excluding hydrogens is 238 g/mol. The van der Waals surface area contributed by atoms with Crippen LogP contribution in [0.2, 0.25) is 0 Å². The highest BCUT2D eigenvalue weighted by Crippen LogP contribution is 2.32. The Labute approximate surface area is 94.6 Å². The summed E-state index contributed by atoms with van der Waals surface area (Å²) in [6.45, 7) is 2.03. The van der Waals surface area contributed by atoms with Gasteiger partial charge in [0.15, 0.2) is 0 Å². The Kier molecular flexibility index (Phi) is 4.25. The molecule has 0 saturated heterocycles. The lowest BCUT2D eigenvalue weighted by Gasteiger charge is -2.39. The molecule has 1 rings (SSSR count). The summed E-state index contributed by atoms with van der Waals surface area (Å²) in [7, 11) is -4.56. The molecule has 0 bridgehead atoms. The van der Waals surface area contributed by atoms with Gasteiger partial charge in [-0.25, -0.2) is 13.1 Å². The van der Waals surface area contributed by atoms with Crippen LogP contribution in [0.1, 0.15) is 32.6 Å². The lowest BCUT2D eigenvalue weighted by Crippen LogP contribution is -2.56. The number of alkyl halides is 2. The van der Waals surface area contributed by atoms with Gasteiger partial charge in [-0.2, -0.15) is 8.78 Å². The maximum Gasteiger partial charge on any atom is 0.350 e. The van der Waals surface area contributed by atoms with Crippen molar-refractivity contribution in [2.45, 2.75) is 43.9 Å². The van der Waals surface area contributed by atoms with Gasteiger partial charge in [0.2, 0.25) is 0 Å². The van der Waals surface area contributed by atoms with Crippen molar-refractivity contribution < 1.29 is 17.2 Å². The largest absolute Gasteiger partial charge is 0.350 e. The number of sulfonamides is 1. The van der Waals surface area contributed by atoms with Crippen molar-refractivity contribution in [1.82, 2.24) is 4.72 Å². The zero-order chi connectivity index (χ0) is 12.4. The second-order valence-corrected chi connectivity index (χ2v) is 6.24. The van der Waals surface area contributed by atoms with E-state index in [1.807, 2.05) is 6.92 Å². The molecule has 1 saturated carbocycles. The van der Waals surface area contributed by atoms with Gasteiger partial charge >= 0.3 is 5.76 Å². The molecular formula is C9H18F2N2O2S. The van der Waals surface area contributed by atoms with Crippen LogP contribution in [0.15, 0.2) is 0 Å². The van der Waals surface area contributed by atoms with E-state index in [4.69, 9.17) is 5.73 Å². The van der Waals surface area contributed by atoms with E-state index in [0.29, 0.717) is 18.8 Å². The van der Waals surface area contributed by atoms with Crippen molar-refractivity contribution in [2.24, 2.45) is 11.7 Å². The minimum absolute atomic E-state index is 0.0588. The molecule has 96 valence electrons. The van der Waals surface area contributed by atoms with Gasteiger partial charge in [-0.3, -0.25) is 0 Å². The van der Waals surface area contributed by atoms with Crippen LogP contribution >= 0.6 is 0 Å². The summed E-state index contributed by atoms with van der Waals surface area (Å²) < 4.78 is 49.0. The summed E-state index contributed by atoms with van der Waals surface area (Å²) in [5.74, 6) is -3.09. The van der Waals surface area contributed by atoms with Gasteiger partial charge in [0, 0.05) is 12.1 Å². The van der Waals surface area contributed by atoms with Crippen LogP contribution in [-0.4, -0.2) is 26.3 Å². The first-order chi connectivity index (χ1) is 7.31. The zero-order valence-electron chi connectivity index (χ0n) is 9.25. The average Bonchev–Trinajstić information content (AvgIpc) is 2.16. The van der Waals surface area contributed by atoms with Gasteiger partial charge in [-0.15, -0.1) is 0 Å². The van der Waals surface area contributed by atoms with Crippen LogP contribution in [-0.2, 0) is 10.0 Å². The number of nitrogens with two attached hydrogens (primary N) is 1. The first-order valence-corrected chi connectivity index (χ1v) is 6.87. The summed E-state index contributed by atoms with van der Waals surface area (Å²) >= 11 is 0. The van der Waals surface area contributed by atoms with Gasteiger partial charge in [0.1, 0.15) is 0 Å². The maximum absolute atomic E-state index is 12.3. The molecule has 1 aliphatic rings. The normalized spacial score (nSPS) is 31.9. The molecule has 0 spiro atoms. The Morgan fingerprint density at radius 3 is 2.62 bits per heavy atom. The summed E-state index contributed by atoms with van der Waals surface area (Å²) in [4.78, 5) is 0. The Morgan fingerprint density at radius 1 is 1.56 bits per heavy atom. The molecule has 0 aliphatic heterocycles. The number of hydrogen-bond donors (Lipinski definition) is 2. The van der Waals surface area contributed by atoms with Gasteiger partial charge in [0.05, 0.1) is 0 Å². The highest BCUT2D eigenvalue weighted by molar-refractivity contribution is 7.89. The molecule has 3 N–H and O–H groups in total. The van der Waals surface area contributed by atoms with Crippen molar-refractivity contribution in [3.63, 3.8) is 0 Å². The van der Waals surface area contributed by atoms with Gasteiger partial charge in [-0.05, 0) is 18.8 Å². The fourth-order valence-electron chi connectivity index (χ4n) is 2.33. The van der Waals surface area contributed by atoms with E-state index in [1.54, 1.807) is 0 Å². The quantitative estimate of drug-likeness (QED) is 0.789. The predicted octanol–water partition coefficient (Wildman–Crippen LogP) is 1.04. The maximum atomic E-state index is 12.3. The fraction of sp³-hybridized carbons (Fsp3) is 1.00. The van der Waals surface area contributed by atoms with Crippen molar-refractivity contribution in [3.05, 3.63) is 0 Å². The van der Waals surface area contributed by atoms with E-state index < -0.39 is 21.3 Å². The van der Waals surface area contributed by atoms with Crippen LogP contribution < -0.4 is 10.5 Å². The molecule has 4 nitrogen and oxygen atoms in total. The van der Waals surface area contributed by atoms with Crippen LogP contribution in [0.4, 0.5) is 8.78 Å². The topological polar surface area (TPSA) is 72.2 Å². The molecule has 0 heterocycles. The van der Waals surface area contributed by atoms with E-state index >= 15 is 0 Å². The summed E-state index contributed by atoms with van der Waals surface area (Å²) in [5.41, 5.74) is 4.65. The number of nitrogens with one attached hydrogen (secondary N) is 1. The third-order valence-corrected chi connectivity index (χ3v) is 4.26. The SMILES string of the molecule is CC1CCCC(CN)(NS(=O)(=O)C(F)F)C1. The molecule has 0 radical (unpaired) electrons. The molecule has 16 heavy (non-hydrogen) atoms. The second kappa shape index (κ2) is 4.93. The third-order valence-electron chi connectivity index (χ3n) is 3.08. The van der Waals surface area contributed by atoms with E-state index in [1.165, 1.54) is 0 Å². The first kappa shape index (κ1) is 13.8. The average molecular weight is 256 g/mol.